The van der Waals surface area contributed by atoms with E-state index in [0.717, 1.165) is 6.54 Å². The van der Waals surface area contributed by atoms with Gasteiger partial charge in [-0.3, -0.25) is 4.79 Å². The van der Waals surface area contributed by atoms with Crippen LogP contribution in [0.3, 0.4) is 0 Å². The van der Waals surface area contributed by atoms with E-state index in [4.69, 9.17) is 5.73 Å². The predicted molar refractivity (Wildman–Crippen MR) is 85.4 cm³/mol. The highest BCUT2D eigenvalue weighted by atomic mass is 32.1. The topological polar surface area (TPSA) is 83.3 Å². The van der Waals surface area contributed by atoms with Crippen molar-refractivity contribution in [1.29, 1.82) is 0 Å². The monoisotopic (exact) mass is 299 g/mol. The number of nitrogen functional groups attached to an aromatic ring is 1. The molecule has 0 aliphatic carbocycles. The third-order valence-corrected chi connectivity index (χ3v) is 3.34. The molecule has 0 aliphatic heterocycles. The third kappa shape index (κ3) is 5.34. The summed E-state index contributed by atoms with van der Waals surface area (Å²) in [5, 5.41) is 6.82. The molecule has 4 N–H and O–H groups in total. The first-order chi connectivity index (χ1) is 9.08. The van der Waals surface area contributed by atoms with Crippen molar-refractivity contribution in [2.24, 2.45) is 0 Å². The van der Waals surface area contributed by atoms with Crippen LogP contribution in [-0.4, -0.2) is 48.0 Å². The summed E-state index contributed by atoms with van der Waals surface area (Å²) in [5.74, 6) is 0.104. The van der Waals surface area contributed by atoms with Crippen LogP contribution in [0.5, 0.6) is 0 Å². The standard InChI is InChI=1S/C13H25N5OS/c1-8(7-18(5)6)15-11(19)9-10(14)16-12(20-9)17-13(2,3)4/h8H,7,14H2,1-6H3,(H,15,19)(H,16,17). The Kier molecular flexibility index (Phi) is 5.35. The van der Waals surface area contributed by atoms with E-state index in [1.165, 1.54) is 11.3 Å². The maximum absolute atomic E-state index is 12.2. The van der Waals surface area contributed by atoms with E-state index < -0.39 is 0 Å². The number of rotatable bonds is 5. The smallest absolute Gasteiger partial charge is 0.265 e. The van der Waals surface area contributed by atoms with E-state index in [9.17, 15) is 4.79 Å². The Balaban J connectivity index is 2.74. The molecule has 20 heavy (non-hydrogen) atoms. The molecule has 1 rings (SSSR count). The van der Waals surface area contributed by atoms with Crippen LogP contribution in [0.4, 0.5) is 10.9 Å². The van der Waals surface area contributed by atoms with E-state index >= 15 is 0 Å². The third-order valence-electron chi connectivity index (χ3n) is 2.36. The molecule has 7 heteroatoms. The zero-order chi connectivity index (χ0) is 15.5. The first kappa shape index (κ1) is 16.7. The summed E-state index contributed by atoms with van der Waals surface area (Å²) in [7, 11) is 3.93. The molecule has 0 aromatic carbocycles. The Bertz CT molecular complexity index is 464. The Morgan fingerprint density at radius 3 is 2.55 bits per heavy atom. The van der Waals surface area contributed by atoms with E-state index in [1.54, 1.807) is 0 Å². The lowest BCUT2D eigenvalue weighted by Gasteiger charge is -2.19. The molecule has 1 atom stereocenters. The van der Waals surface area contributed by atoms with Gasteiger partial charge in [0.25, 0.3) is 5.91 Å². The van der Waals surface area contributed by atoms with Gasteiger partial charge in [-0.25, -0.2) is 4.98 Å². The van der Waals surface area contributed by atoms with Gasteiger partial charge in [0.15, 0.2) is 5.13 Å². The average Bonchev–Trinajstić information content (AvgIpc) is 2.54. The van der Waals surface area contributed by atoms with Crippen molar-refractivity contribution in [2.75, 3.05) is 31.7 Å². The van der Waals surface area contributed by atoms with Crippen molar-refractivity contribution < 1.29 is 4.79 Å². The molecule has 1 aromatic rings. The molecule has 114 valence electrons. The molecule has 1 heterocycles. The van der Waals surface area contributed by atoms with Crippen molar-refractivity contribution in [3.8, 4) is 0 Å². The molecule has 0 aliphatic rings. The Morgan fingerprint density at radius 1 is 1.45 bits per heavy atom. The summed E-state index contributed by atoms with van der Waals surface area (Å²) in [4.78, 5) is 18.9. The highest BCUT2D eigenvalue weighted by Crippen LogP contribution is 2.27. The number of anilines is 2. The average molecular weight is 299 g/mol. The molecule has 0 bridgehead atoms. The van der Waals surface area contributed by atoms with Crippen LogP contribution >= 0.6 is 11.3 Å². The van der Waals surface area contributed by atoms with E-state index in [2.05, 4.69) is 15.6 Å². The second-order valence-corrected chi connectivity index (χ2v) is 7.24. The summed E-state index contributed by atoms with van der Waals surface area (Å²) in [6, 6.07) is 0.0537. The second-order valence-electron chi connectivity index (χ2n) is 6.25. The second kappa shape index (κ2) is 6.41. The fourth-order valence-electron chi connectivity index (χ4n) is 1.75. The molecule has 6 nitrogen and oxygen atoms in total. The van der Waals surface area contributed by atoms with Gasteiger partial charge in [0.2, 0.25) is 0 Å². The molecular weight excluding hydrogens is 274 g/mol. The molecule has 0 saturated heterocycles. The minimum absolute atomic E-state index is 0.0537. The summed E-state index contributed by atoms with van der Waals surface area (Å²) in [5.41, 5.74) is 5.71. The maximum Gasteiger partial charge on any atom is 0.265 e. The van der Waals surface area contributed by atoms with Crippen molar-refractivity contribution in [3.05, 3.63) is 4.88 Å². The largest absolute Gasteiger partial charge is 0.382 e. The lowest BCUT2D eigenvalue weighted by Crippen LogP contribution is -2.39. The van der Waals surface area contributed by atoms with Gasteiger partial charge in [0.1, 0.15) is 10.7 Å². The zero-order valence-corrected chi connectivity index (χ0v) is 13.9. The van der Waals surface area contributed by atoms with Gasteiger partial charge in [-0.2, -0.15) is 0 Å². The molecule has 1 unspecified atom stereocenters. The minimum atomic E-state index is -0.170. The van der Waals surface area contributed by atoms with Crippen molar-refractivity contribution in [3.63, 3.8) is 0 Å². The molecule has 0 radical (unpaired) electrons. The number of nitrogens with two attached hydrogens (primary N) is 1. The quantitative estimate of drug-likeness (QED) is 0.769. The maximum atomic E-state index is 12.2. The van der Waals surface area contributed by atoms with Crippen LogP contribution in [0.15, 0.2) is 0 Å². The molecule has 1 aromatic heterocycles. The fraction of sp³-hybridized carbons (Fsp3) is 0.692. The number of aromatic nitrogens is 1. The van der Waals surface area contributed by atoms with Crippen molar-refractivity contribution in [2.45, 2.75) is 39.3 Å². The normalized spacial score (nSPS) is 13.3. The van der Waals surface area contributed by atoms with Gasteiger partial charge in [-0.1, -0.05) is 11.3 Å². The molecule has 1 amide bonds. The van der Waals surface area contributed by atoms with Crippen LogP contribution in [-0.2, 0) is 0 Å². The Labute approximate surface area is 124 Å². The fourth-order valence-corrected chi connectivity index (χ4v) is 2.75. The van der Waals surface area contributed by atoms with Gasteiger partial charge >= 0.3 is 0 Å². The van der Waals surface area contributed by atoms with Crippen LogP contribution in [0.2, 0.25) is 0 Å². The molecule has 0 saturated carbocycles. The van der Waals surface area contributed by atoms with Crippen molar-refractivity contribution in [1.82, 2.24) is 15.2 Å². The highest BCUT2D eigenvalue weighted by Gasteiger charge is 2.20. The summed E-state index contributed by atoms with van der Waals surface area (Å²) >= 11 is 1.28. The van der Waals surface area contributed by atoms with Gasteiger partial charge in [-0.15, -0.1) is 0 Å². The number of likely N-dealkylation sites (N-methyl/N-ethyl adjacent to an activating group) is 1. The number of hydrogen-bond donors (Lipinski definition) is 3. The number of nitrogens with one attached hydrogen (secondary N) is 2. The van der Waals surface area contributed by atoms with Gasteiger partial charge in [0.05, 0.1) is 0 Å². The van der Waals surface area contributed by atoms with Crippen molar-refractivity contribution >= 4 is 28.2 Å². The number of carbonyl (C=O) groups is 1. The van der Waals surface area contributed by atoms with Crippen LogP contribution in [0.25, 0.3) is 0 Å². The number of thiazole rings is 1. The predicted octanol–water partition coefficient (Wildman–Crippen LogP) is 1.62. The number of carbonyl (C=O) groups excluding carboxylic acids is 1. The van der Waals surface area contributed by atoms with Gasteiger partial charge in [0, 0.05) is 18.1 Å². The molecular formula is C13H25N5OS. The summed E-state index contributed by atoms with van der Waals surface area (Å²) in [6.45, 7) is 8.83. The summed E-state index contributed by atoms with van der Waals surface area (Å²) < 4.78 is 0. The van der Waals surface area contributed by atoms with Gasteiger partial charge < -0.3 is 21.3 Å². The van der Waals surface area contributed by atoms with Crippen LogP contribution in [0.1, 0.15) is 37.4 Å². The Hall–Kier alpha value is -1.34. The summed E-state index contributed by atoms with van der Waals surface area (Å²) in [6.07, 6.45) is 0. The molecule has 0 fully saturated rings. The number of hydrogen-bond acceptors (Lipinski definition) is 6. The lowest BCUT2D eigenvalue weighted by atomic mass is 10.1. The van der Waals surface area contributed by atoms with Crippen LogP contribution < -0.4 is 16.4 Å². The van der Waals surface area contributed by atoms with Crippen LogP contribution in [0, 0.1) is 0 Å². The van der Waals surface area contributed by atoms with E-state index in [-0.39, 0.29) is 23.3 Å². The van der Waals surface area contributed by atoms with E-state index in [1.807, 2.05) is 46.7 Å². The Morgan fingerprint density at radius 2 is 2.05 bits per heavy atom. The highest BCUT2D eigenvalue weighted by molar-refractivity contribution is 7.18. The first-order valence-corrected chi connectivity index (χ1v) is 7.40. The zero-order valence-electron chi connectivity index (χ0n) is 13.1. The number of amides is 1. The SMILES string of the molecule is CC(CN(C)C)NC(=O)c1sc(NC(C)(C)C)nc1N. The first-order valence-electron chi connectivity index (χ1n) is 6.58. The number of nitrogens with zero attached hydrogens (tertiary/aromatic N) is 2. The van der Waals surface area contributed by atoms with E-state index in [0.29, 0.717) is 10.0 Å². The molecule has 0 spiro atoms. The minimum Gasteiger partial charge on any atom is -0.382 e. The van der Waals surface area contributed by atoms with Gasteiger partial charge in [-0.05, 0) is 41.8 Å². The lowest BCUT2D eigenvalue weighted by molar-refractivity contribution is 0.0939.